The quantitative estimate of drug-likeness (QED) is 0.852. The first-order chi connectivity index (χ1) is 11.5. The first-order valence-corrected chi connectivity index (χ1v) is 9.50. The monoisotopic (exact) mass is 351 g/mol. The van der Waals surface area contributed by atoms with Gasteiger partial charge < -0.3 is 9.84 Å². The molecule has 2 aromatic rings. The standard InChI is InChI=1S/C15H21N5O3S/c1-10-15(11(2)23-19-10)24(21,22)20-14-9-8-13(17-18-14)16-12-6-4-3-5-7-12/h8-9,12H,3-7H2,1-2H3,(H,16,17)(H,18,20). The van der Waals surface area contributed by atoms with Gasteiger partial charge >= 0.3 is 0 Å². The first kappa shape index (κ1) is 16.7. The molecule has 2 N–H and O–H groups in total. The van der Waals surface area contributed by atoms with Gasteiger partial charge in [-0.2, -0.15) is 0 Å². The van der Waals surface area contributed by atoms with Crippen molar-refractivity contribution in [3.8, 4) is 0 Å². The topological polar surface area (TPSA) is 110 Å². The molecule has 3 rings (SSSR count). The van der Waals surface area contributed by atoms with Gasteiger partial charge in [-0.3, -0.25) is 4.72 Å². The summed E-state index contributed by atoms with van der Waals surface area (Å²) in [4.78, 5) is 0.0358. The lowest BCUT2D eigenvalue weighted by Gasteiger charge is -2.22. The van der Waals surface area contributed by atoms with E-state index in [0.717, 1.165) is 12.8 Å². The number of anilines is 2. The van der Waals surface area contributed by atoms with Crippen LogP contribution in [-0.2, 0) is 10.0 Å². The summed E-state index contributed by atoms with van der Waals surface area (Å²) in [6, 6.07) is 3.73. The third-order valence-corrected chi connectivity index (χ3v) is 5.70. The molecule has 1 aliphatic rings. The highest BCUT2D eigenvalue weighted by atomic mass is 32.2. The predicted octanol–water partition coefficient (Wildman–Crippen LogP) is 2.63. The Bertz CT molecular complexity index is 776. The van der Waals surface area contributed by atoms with E-state index >= 15 is 0 Å². The Balaban J connectivity index is 1.69. The van der Waals surface area contributed by atoms with Crippen LogP contribution in [-0.4, -0.2) is 29.8 Å². The highest BCUT2D eigenvalue weighted by molar-refractivity contribution is 7.92. The zero-order chi connectivity index (χ0) is 17.2. The van der Waals surface area contributed by atoms with Crippen molar-refractivity contribution in [2.24, 2.45) is 0 Å². The van der Waals surface area contributed by atoms with Gasteiger partial charge in [-0.1, -0.05) is 24.4 Å². The highest BCUT2D eigenvalue weighted by Crippen LogP contribution is 2.23. The lowest BCUT2D eigenvalue weighted by molar-refractivity contribution is 0.390. The zero-order valence-corrected chi connectivity index (χ0v) is 14.6. The number of nitrogens with zero attached hydrogens (tertiary/aromatic N) is 3. The van der Waals surface area contributed by atoms with Gasteiger partial charge in [0.1, 0.15) is 11.5 Å². The molecule has 0 radical (unpaired) electrons. The number of aryl methyl sites for hydroxylation is 2. The molecule has 2 aromatic heterocycles. The van der Waals surface area contributed by atoms with Crippen LogP contribution >= 0.6 is 0 Å². The number of nitrogens with one attached hydrogen (secondary N) is 2. The van der Waals surface area contributed by atoms with Crippen LogP contribution in [0.1, 0.15) is 43.6 Å². The van der Waals surface area contributed by atoms with Crippen molar-refractivity contribution < 1.29 is 12.9 Å². The summed E-state index contributed by atoms with van der Waals surface area (Å²) in [6.45, 7) is 3.13. The number of hydrogen-bond donors (Lipinski definition) is 2. The highest BCUT2D eigenvalue weighted by Gasteiger charge is 2.24. The Kier molecular flexibility index (Phi) is 4.70. The minimum Gasteiger partial charge on any atom is -0.366 e. The Hall–Kier alpha value is -2.16. The molecule has 24 heavy (non-hydrogen) atoms. The van der Waals surface area contributed by atoms with E-state index in [9.17, 15) is 8.42 Å². The predicted molar refractivity (Wildman–Crippen MR) is 89.3 cm³/mol. The molecule has 0 saturated heterocycles. The van der Waals surface area contributed by atoms with Crippen LogP contribution in [0.3, 0.4) is 0 Å². The molecule has 0 atom stereocenters. The Morgan fingerprint density at radius 3 is 2.33 bits per heavy atom. The maximum atomic E-state index is 12.4. The molecule has 0 amide bonds. The van der Waals surface area contributed by atoms with E-state index in [4.69, 9.17) is 4.52 Å². The molecule has 130 valence electrons. The fourth-order valence-corrected chi connectivity index (χ4v) is 4.29. The molecule has 1 saturated carbocycles. The Labute approximate surface area is 141 Å². The van der Waals surface area contributed by atoms with Crippen LogP contribution in [0.5, 0.6) is 0 Å². The van der Waals surface area contributed by atoms with Gasteiger partial charge in [0.15, 0.2) is 16.5 Å². The summed E-state index contributed by atoms with van der Waals surface area (Å²) in [6.07, 6.45) is 5.98. The number of hydrogen-bond acceptors (Lipinski definition) is 7. The van der Waals surface area contributed by atoms with Crippen molar-refractivity contribution in [3.63, 3.8) is 0 Å². The van der Waals surface area contributed by atoms with Gasteiger partial charge in [-0.25, -0.2) is 8.42 Å². The molecule has 1 fully saturated rings. The average molecular weight is 351 g/mol. The maximum absolute atomic E-state index is 12.4. The molecule has 0 aliphatic heterocycles. The third kappa shape index (κ3) is 3.66. The summed E-state index contributed by atoms with van der Waals surface area (Å²) in [5.41, 5.74) is 0.309. The molecule has 1 aliphatic carbocycles. The molecule has 8 nitrogen and oxygen atoms in total. The Morgan fingerprint density at radius 2 is 1.75 bits per heavy atom. The van der Waals surface area contributed by atoms with E-state index in [1.54, 1.807) is 26.0 Å². The van der Waals surface area contributed by atoms with Crippen LogP contribution in [0.15, 0.2) is 21.6 Å². The second-order valence-corrected chi connectivity index (χ2v) is 7.66. The smallest absolute Gasteiger partial charge is 0.268 e. The fourth-order valence-electron chi connectivity index (χ4n) is 2.97. The minimum atomic E-state index is -3.80. The lowest BCUT2D eigenvalue weighted by atomic mass is 9.95. The van der Waals surface area contributed by atoms with Crippen molar-refractivity contribution in [3.05, 3.63) is 23.6 Å². The normalized spacial score (nSPS) is 16.1. The van der Waals surface area contributed by atoms with E-state index in [0.29, 0.717) is 17.6 Å². The largest absolute Gasteiger partial charge is 0.366 e. The van der Waals surface area contributed by atoms with Crippen LogP contribution < -0.4 is 10.0 Å². The van der Waals surface area contributed by atoms with Gasteiger partial charge in [0.2, 0.25) is 0 Å². The number of rotatable bonds is 5. The molecule has 0 bridgehead atoms. The molecule has 0 spiro atoms. The summed E-state index contributed by atoms with van der Waals surface area (Å²) in [5, 5.41) is 15.0. The average Bonchev–Trinajstić information content (AvgIpc) is 2.90. The third-order valence-electron chi connectivity index (χ3n) is 4.10. The lowest BCUT2D eigenvalue weighted by Crippen LogP contribution is -2.23. The molecule has 0 unspecified atom stereocenters. The van der Waals surface area contributed by atoms with Gasteiger partial charge in [0, 0.05) is 6.04 Å². The number of sulfonamides is 1. The van der Waals surface area contributed by atoms with Gasteiger partial charge in [0.05, 0.1) is 0 Å². The van der Waals surface area contributed by atoms with Crippen LogP contribution in [0, 0.1) is 13.8 Å². The van der Waals surface area contributed by atoms with Crippen LogP contribution in [0.4, 0.5) is 11.6 Å². The SMILES string of the molecule is Cc1noc(C)c1S(=O)(=O)Nc1ccc(NC2CCCCC2)nn1. The summed E-state index contributed by atoms with van der Waals surface area (Å²) < 4.78 is 32.1. The summed E-state index contributed by atoms with van der Waals surface area (Å²) in [5.74, 6) is 1.05. The van der Waals surface area contributed by atoms with E-state index in [2.05, 4.69) is 25.4 Å². The van der Waals surface area contributed by atoms with Gasteiger partial charge in [0.25, 0.3) is 10.0 Å². The summed E-state index contributed by atoms with van der Waals surface area (Å²) in [7, 11) is -3.80. The second kappa shape index (κ2) is 6.76. The second-order valence-electron chi connectivity index (χ2n) is 6.04. The summed E-state index contributed by atoms with van der Waals surface area (Å²) >= 11 is 0. The van der Waals surface area contributed by atoms with E-state index in [1.807, 2.05) is 0 Å². The minimum absolute atomic E-state index is 0.0358. The molecule has 0 aromatic carbocycles. The fraction of sp³-hybridized carbons (Fsp3) is 0.533. The maximum Gasteiger partial charge on any atom is 0.268 e. The van der Waals surface area contributed by atoms with Crippen molar-refractivity contribution in [2.75, 3.05) is 10.0 Å². The van der Waals surface area contributed by atoms with Crippen molar-refractivity contribution in [1.29, 1.82) is 0 Å². The molecule has 9 heteroatoms. The first-order valence-electron chi connectivity index (χ1n) is 8.01. The van der Waals surface area contributed by atoms with E-state index in [1.165, 1.54) is 19.3 Å². The number of aromatic nitrogens is 3. The van der Waals surface area contributed by atoms with Crippen LogP contribution in [0.25, 0.3) is 0 Å². The molecule has 2 heterocycles. The van der Waals surface area contributed by atoms with Crippen molar-refractivity contribution >= 4 is 21.7 Å². The zero-order valence-electron chi connectivity index (χ0n) is 13.7. The van der Waals surface area contributed by atoms with Gasteiger partial charge in [-0.05, 0) is 38.8 Å². The van der Waals surface area contributed by atoms with Crippen molar-refractivity contribution in [1.82, 2.24) is 15.4 Å². The van der Waals surface area contributed by atoms with Crippen LogP contribution in [0.2, 0.25) is 0 Å². The van der Waals surface area contributed by atoms with Gasteiger partial charge in [-0.15, -0.1) is 10.2 Å². The van der Waals surface area contributed by atoms with Crippen molar-refractivity contribution in [2.45, 2.75) is 56.9 Å². The molecular formula is C15H21N5O3S. The molecular weight excluding hydrogens is 330 g/mol. The van der Waals surface area contributed by atoms with E-state index in [-0.39, 0.29) is 16.5 Å². The Morgan fingerprint density at radius 1 is 1.08 bits per heavy atom. The van der Waals surface area contributed by atoms with E-state index < -0.39 is 10.0 Å².